The van der Waals surface area contributed by atoms with Crippen molar-refractivity contribution >= 4 is 35.0 Å². The Morgan fingerprint density at radius 3 is 2.58 bits per heavy atom. The highest BCUT2D eigenvalue weighted by Crippen LogP contribution is 2.25. The molecular weight excluding hydrogens is 287 g/mol. The lowest BCUT2D eigenvalue weighted by Gasteiger charge is -2.25. The van der Waals surface area contributed by atoms with Crippen molar-refractivity contribution in [2.75, 3.05) is 11.9 Å². The van der Waals surface area contributed by atoms with Crippen molar-refractivity contribution in [1.29, 1.82) is 0 Å². The lowest BCUT2D eigenvalue weighted by Crippen LogP contribution is -2.44. The molecule has 0 unspecified atom stereocenters. The normalized spacial score (nSPS) is 11.2. The zero-order valence-corrected chi connectivity index (χ0v) is 12.5. The van der Waals surface area contributed by atoms with Gasteiger partial charge < -0.3 is 10.5 Å². The van der Waals surface area contributed by atoms with Gasteiger partial charge in [0.1, 0.15) is 6.61 Å². The van der Waals surface area contributed by atoms with Gasteiger partial charge in [0, 0.05) is 10.6 Å². The summed E-state index contributed by atoms with van der Waals surface area (Å²) in [6.07, 6.45) is 0.865. The van der Waals surface area contributed by atoms with Crippen LogP contribution in [0.4, 0.5) is 10.5 Å². The van der Waals surface area contributed by atoms with Gasteiger partial charge in [0.25, 0.3) is 0 Å². The molecule has 1 aromatic carbocycles. The van der Waals surface area contributed by atoms with Crippen LogP contribution in [0.5, 0.6) is 0 Å². The summed E-state index contributed by atoms with van der Waals surface area (Å²) < 4.78 is 5.11. The fraction of sp³-hybridized carbons (Fsp3) is 0.462. The zero-order valence-electron chi connectivity index (χ0n) is 11.0. The van der Waals surface area contributed by atoms with Gasteiger partial charge in [0.05, 0.1) is 10.7 Å². The van der Waals surface area contributed by atoms with Gasteiger partial charge >= 0.3 is 6.09 Å². The van der Waals surface area contributed by atoms with Crippen molar-refractivity contribution in [1.82, 2.24) is 0 Å². The number of ether oxygens (including phenoxy) is 1. The molecular formula is C13H18Cl2N2O2. The molecule has 0 bridgehead atoms. The summed E-state index contributed by atoms with van der Waals surface area (Å²) in [6, 6.07) is 4.80. The number of rotatable bonds is 5. The Morgan fingerprint density at radius 2 is 2.00 bits per heavy atom. The first-order valence-corrected chi connectivity index (χ1v) is 6.83. The average Bonchev–Trinajstić information content (AvgIpc) is 2.40. The van der Waals surface area contributed by atoms with E-state index in [1.165, 1.54) is 0 Å². The minimum atomic E-state index is -0.596. The summed E-state index contributed by atoms with van der Waals surface area (Å²) in [6.45, 7) is 4.07. The van der Waals surface area contributed by atoms with E-state index in [-0.39, 0.29) is 6.61 Å². The monoisotopic (exact) mass is 304 g/mol. The number of nitrogens with two attached hydrogens (primary N) is 1. The predicted octanol–water partition coefficient (Wildman–Crippen LogP) is 4.06. The largest absolute Gasteiger partial charge is 0.447 e. The maximum atomic E-state index is 11.7. The van der Waals surface area contributed by atoms with E-state index < -0.39 is 11.6 Å². The Kier molecular flexibility index (Phi) is 5.91. The number of carbonyl (C=O) groups excluding carboxylic acids is 1. The second-order valence-electron chi connectivity index (χ2n) is 4.39. The number of amides is 1. The molecule has 1 aromatic rings. The first kappa shape index (κ1) is 16.1. The number of carbonyl (C=O) groups is 1. The first-order chi connectivity index (χ1) is 8.90. The Balaban J connectivity index is 2.58. The minimum absolute atomic E-state index is 0.157. The summed E-state index contributed by atoms with van der Waals surface area (Å²) in [4.78, 5) is 11.7. The number of nitrogens with one attached hydrogen (secondary N) is 1. The molecule has 0 heterocycles. The topological polar surface area (TPSA) is 64.3 Å². The second-order valence-corrected chi connectivity index (χ2v) is 5.24. The van der Waals surface area contributed by atoms with E-state index >= 15 is 0 Å². The molecule has 0 aliphatic heterocycles. The van der Waals surface area contributed by atoms with E-state index in [1.54, 1.807) is 18.2 Å². The van der Waals surface area contributed by atoms with E-state index in [2.05, 4.69) is 5.32 Å². The molecule has 0 aliphatic rings. The van der Waals surface area contributed by atoms with Gasteiger partial charge in [-0.3, -0.25) is 5.32 Å². The number of hydrogen-bond acceptors (Lipinski definition) is 3. The van der Waals surface area contributed by atoms with E-state index in [1.807, 2.05) is 13.8 Å². The number of hydrogen-bond donors (Lipinski definition) is 2. The highest BCUT2D eigenvalue weighted by molar-refractivity contribution is 6.35. The maximum absolute atomic E-state index is 11.7. The van der Waals surface area contributed by atoms with Crippen LogP contribution in [0.2, 0.25) is 10.0 Å². The van der Waals surface area contributed by atoms with Crippen LogP contribution in [0.1, 0.15) is 26.7 Å². The lowest BCUT2D eigenvalue weighted by molar-refractivity contribution is 0.125. The van der Waals surface area contributed by atoms with Crippen molar-refractivity contribution < 1.29 is 9.53 Å². The molecule has 1 amide bonds. The number of benzene rings is 1. The summed E-state index contributed by atoms with van der Waals surface area (Å²) >= 11 is 11.8. The Labute approximate surface area is 123 Å². The quantitative estimate of drug-likeness (QED) is 0.862. The van der Waals surface area contributed by atoms with Crippen molar-refractivity contribution in [3.63, 3.8) is 0 Å². The highest BCUT2D eigenvalue weighted by atomic mass is 35.5. The van der Waals surface area contributed by atoms with E-state index in [0.717, 1.165) is 12.8 Å². The second kappa shape index (κ2) is 6.98. The van der Waals surface area contributed by atoms with Crippen LogP contribution in [0.25, 0.3) is 0 Å². The van der Waals surface area contributed by atoms with Crippen molar-refractivity contribution in [3.8, 4) is 0 Å². The smallest absolute Gasteiger partial charge is 0.411 e. The SMILES string of the molecule is CCC(N)(CC)COC(=O)Nc1cc(Cl)ccc1Cl. The van der Waals surface area contributed by atoms with Gasteiger partial charge in [0.15, 0.2) is 0 Å². The number of halogens is 2. The molecule has 0 radical (unpaired) electrons. The van der Waals surface area contributed by atoms with Crippen molar-refractivity contribution in [2.45, 2.75) is 32.2 Å². The molecule has 19 heavy (non-hydrogen) atoms. The third-order valence-electron chi connectivity index (χ3n) is 3.06. The summed E-state index contributed by atoms with van der Waals surface area (Å²) in [5.41, 5.74) is 5.96. The van der Waals surface area contributed by atoms with Gasteiger partial charge in [-0.1, -0.05) is 37.0 Å². The van der Waals surface area contributed by atoms with Crippen LogP contribution in [-0.2, 0) is 4.74 Å². The fourth-order valence-corrected chi connectivity index (χ4v) is 1.74. The van der Waals surface area contributed by atoms with Crippen LogP contribution in [0, 0.1) is 0 Å². The van der Waals surface area contributed by atoms with Gasteiger partial charge in [0.2, 0.25) is 0 Å². The summed E-state index contributed by atoms with van der Waals surface area (Å²) in [5.74, 6) is 0. The molecule has 0 aromatic heterocycles. The highest BCUT2D eigenvalue weighted by Gasteiger charge is 2.22. The first-order valence-electron chi connectivity index (χ1n) is 6.08. The molecule has 0 fully saturated rings. The van der Waals surface area contributed by atoms with Crippen molar-refractivity contribution in [3.05, 3.63) is 28.2 Å². The van der Waals surface area contributed by atoms with E-state index in [4.69, 9.17) is 33.7 Å². The maximum Gasteiger partial charge on any atom is 0.411 e. The van der Waals surface area contributed by atoms with Crippen LogP contribution in [0.3, 0.4) is 0 Å². The van der Waals surface area contributed by atoms with Gasteiger partial charge in [-0.2, -0.15) is 0 Å². The third-order valence-corrected chi connectivity index (χ3v) is 3.63. The lowest BCUT2D eigenvalue weighted by atomic mass is 9.96. The predicted molar refractivity (Wildman–Crippen MR) is 78.9 cm³/mol. The van der Waals surface area contributed by atoms with Crippen LogP contribution < -0.4 is 11.1 Å². The molecule has 3 N–H and O–H groups in total. The molecule has 1 rings (SSSR count). The fourth-order valence-electron chi connectivity index (χ4n) is 1.40. The Hall–Kier alpha value is -0.970. The van der Waals surface area contributed by atoms with Gasteiger partial charge in [-0.25, -0.2) is 4.79 Å². The molecule has 0 aliphatic carbocycles. The molecule has 0 atom stereocenters. The number of anilines is 1. The van der Waals surface area contributed by atoms with Crippen LogP contribution in [-0.4, -0.2) is 18.2 Å². The third kappa shape index (κ3) is 4.90. The average molecular weight is 305 g/mol. The molecule has 0 saturated carbocycles. The van der Waals surface area contributed by atoms with Crippen molar-refractivity contribution in [2.24, 2.45) is 5.73 Å². The molecule has 6 heteroatoms. The van der Waals surface area contributed by atoms with E-state index in [9.17, 15) is 4.79 Å². The van der Waals surface area contributed by atoms with Gasteiger partial charge in [-0.15, -0.1) is 0 Å². The van der Waals surface area contributed by atoms with Crippen LogP contribution in [0.15, 0.2) is 18.2 Å². The Bertz CT molecular complexity index is 448. The van der Waals surface area contributed by atoms with Crippen LogP contribution >= 0.6 is 23.2 Å². The Morgan fingerprint density at radius 1 is 1.37 bits per heavy atom. The molecule has 0 saturated heterocycles. The standard InChI is InChI=1S/C13H18Cl2N2O2/c1-3-13(16,4-2)8-19-12(18)17-11-7-9(14)5-6-10(11)15/h5-7H,3-4,8,16H2,1-2H3,(H,17,18). The zero-order chi connectivity index (χ0) is 14.5. The molecule has 4 nitrogen and oxygen atoms in total. The summed E-state index contributed by atoms with van der Waals surface area (Å²) in [5, 5.41) is 3.41. The molecule has 106 valence electrons. The molecule has 0 spiro atoms. The van der Waals surface area contributed by atoms with Gasteiger partial charge in [-0.05, 0) is 31.0 Å². The summed E-state index contributed by atoms with van der Waals surface area (Å²) in [7, 11) is 0. The minimum Gasteiger partial charge on any atom is -0.447 e. The van der Waals surface area contributed by atoms with E-state index in [0.29, 0.717) is 15.7 Å².